The Morgan fingerprint density at radius 1 is 1.14 bits per heavy atom. The summed E-state index contributed by atoms with van der Waals surface area (Å²) >= 11 is 0. The largest absolute Gasteiger partial charge is 0.349 e. The van der Waals surface area contributed by atoms with Crippen LogP contribution in [0.25, 0.3) is 17.1 Å². The number of aryl methyl sites for hydroxylation is 1. The molecule has 8 heteroatoms. The highest BCUT2D eigenvalue weighted by Crippen LogP contribution is 2.24. The molecule has 29 heavy (non-hydrogen) atoms. The van der Waals surface area contributed by atoms with E-state index < -0.39 is 4.92 Å². The molecule has 0 aliphatic heterocycles. The highest BCUT2D eigenvalue weighted by atomic mass is 16.6. The zero-order chi connectivity index (χ0) is 21.0. The van der Waals surface area contributed by atoms with Crippen LogP contribution in [0.1, 0.15) is 37.2 Å². The zero-order valence-corrected chi connectivity index (χ0v) is 16.9. The van der Waals surface area contributed by atoms with Crippen molar-refractivity contribution >= 4 is 11.6 Å². The van der Waals surface area contributed by atoms with Gasteiger partial charge in [-0.25, -0.2) is 4.68 Å². The fraction of sp³-hybridized carbons (Fsp3) is 0.333. The highest BCUT2D eigenvalue weighted by Gasteiger charge is 2.23. The maximum atomic E-state index is 13.3. The molecule has 0 unspecified atom stereocenters. The van der Waals surface area contributed by atoms with Crippen LogP contribution < -0.4 is 0 Å². The predicted molar refractivity (Wildman–Crippen MR) is 111 cm³/mol. The third-order valence-electron chi connectivity index (χ3n) is 4.71. The molecule has 0 saturated carbocycles. The van der Waals surface area contributed by atoms with Crippen molar-refractivity contribution in [3.8, 4) is 17.1 Å². The maximum Gasteiger partial charge on any atom is 0.272 e. The molecule has 3 rings (SSSR count). The van der Waals surface area contributed by atoms with E-state index in [1.165, 1.54) is 12.1 Å². The number of amides is 1. The summed E-state index contributed by atoms with van der Waals surface area (Å²) in [7, 11) is 1.92. The Morgan fingerprint density at radius 2 is 1.79 bits per heavy atom. The molecule has 0 radical (unpaired) electrons. The lowest BCUT2D eigenvalue weighted by atomic mass is 10.2. The summed E-state index contributed by atoms with van der Waals surface area (Å²) in [6.45, 7) is 5.41. The Balaban J connectivity index is 2.10. The van der Waals surface area contributed by atoms with Gasteiger partial charge < -0.3 is 9.47 Å². The van der Waals surface area contributed by atoms with E-state index in [-0.39, 0.29) is 11.6 Å². The molecule has 152 valence electrons. The zero-order valence-electron chi connectivity index (χ0n) is 16.9. The van der Waals surface area contributed by atoms with Gasteiger partial charge in [0.15, 0.2) is 0 Å². The third-order valence-corrected chi connectivity index (χ3v) is 4.71. The summed E-state index contributed by atoms with van der Waals surface area (Å²) in [6.07, 6.45) is 3.65. The number of aromatic nitrogens is 3. The van der Waals surface area contributed by atoms with E-state index in [9.17, 15) is 14.9 Å². The molecule has 1 amide bonds. The third kappa shape index (κ3) is 4.21. The fourth-order valence-electron chi connectivity index (χ4n) is 3.31. The first kappa shape index (κ1) is 20.3. The number of carbonyl (C=O) groups is 1. The van der Waals surface area contributed by atoms with E-state index in [0.29, 0.717) is 30.2 Å². The van der Waals surface area contributed by atoms with Gasteiger partial charge in [-0.15, -0.1) is 0 Å². The molecule has 0 N–H and O–H groups in total. The van der Waals surface area contributed by atoms with Gasteiger partial charge in [0.05, 0.1) is 16.3 Å². The van der Waals surface area contributed by atoms with Gasteiger partial charge in [0.1, 0.15) is 11.4 Å². The number of carbonyl (C=O) groups excluding carboxylic acids is 1. The minimum atomic E-state index is -0.446. The fourth-order valence-corrected chi connectivity index (χ4v) is 3.31. The first-order valence-corrected chi connectivity index (χ1v) is 9.72. The number of nitrogens with zero attached hydrogens (tertiary/aromatic N) is 5. The van der Waals surface area contributed by atoms with Crippen LogP contribution in [0.15, 0.2) is 48.7 Å². The molecule has 0 aliphatic carbocycles. The van der Waals surface area contributed by atoms with Gasteiger partial charge in [0.2, 0.25) is 0 Å². The van der Waals surface area contributed by atoms with Gasteiger partial charge in [-0.3, -0.25) is 14.9 Å². The van der Waals surface area contributed by atoms with Crippen LogP contribution in [0.4, 0.5) is 5.69 Å². The monoisotopic (exact) mass is 395 g/mol. The van der Waals surface area contributed by atoms with Crippen molar-refractivity contribution in [2.24, 2.45) is 7.05 Å². The molecular weight excluding hydrogens is 370 g/mol. The molecule has 0 bridgehead atoms. The number of hydrogen-bond donors (Lipinski definition) is 0. The standard InChI is InChI=1S/C21H25N5O3/c1-4-12-24(13-5-2)21(27)20-15-18(19-7-6-14-23(19)3)22-25(20)16-8-10-17(11-9-16)26(28)29/h6-11,14-15H,4-5,12-13H2,1-3H3. The predicted octanol–water partition coefficient (Wildman–Crippen LogP) is 4.05. The molecule has 2 heterocycles. The van der Waals surface area contributed by atoms with Crippen LogP contribution in [-0.2, 0) is 7.05 Å². The van der Waals surface area contributed by atoms with Crippen molar-refractivity contribution < 1.29 is 9.72 Å². The van der Waals surface area contributed by atoms with Gasteiger partial charge in [-0.1, -0.05) is 13.8 Å². The second-order valence-electron chi connectivity index (χ2n) is 6.90. The van der Waals surface area contributed by atoms with Crippen LogP contribution in [0.3, 0.4) is 0 Å². The van der Waals surface area contributed by atoms with Gasteiger partial charge in [0.25, 0.3) is 11.6 Å². The summed E-state index contributed by atoms with van der Waals surface area (Å²) in [5.41, 5.74) is 2.60. The van der Waals surface area contributed by atoms with Crippen LogP contribution in [0.2, 0.25) is 0 Å². The normalized spacial score (nSPS) is 10.9. The maximum absolute atomic E-state index is 13.3. The van der Waals surface area contributed by atoms with Crippen molar-refractivity contribution in [2.45, 2.75) is 26.7 Å². The van der Waals surface area contributed by atoms with E-state index in [2.05, 4.69) is 5.10 Å². The number of nitro benzene ring substituents is 1. The van der Waals surface area contributed by atoms with Crippen molar-refractivity contribution in [3.05, 3.63) is 64.5 Å². The van der Waals surface area contributed by atoms with E-state index in [0.717, 1.165) is 18.5 Å². The van der Waals surface area contributed by atoms with E-state index in [1.807, 2.05) is 48.7 Å². The van der Waals surface area contributed by atoms with Crippen molar-refractivity contribution in [3.63, 3.8) is 0 Å². The molecule has 3 aromatic rings. The summed E-state index contributed by atoms with van der Waals surface area (Å²) in [5, 5.41) is 15.6. The number of rotatable bonds is 8. The molecule has 0 spiro atoms. The summed E-state index contributed by atoms with van der Waals surface area (Å²) in [4.78, 5) is 25.7. The number of non-ortho nitro benzene ring substituents is 1. The lowest BCUT2D eigenvalue weighted by molar-refractivity contribution is -0.384. The molecule has 1 aromatic carbocycles. The van der Waals surface area contributed by atoms with Crippen LogP contribution >= 0.6 is 0 Å². The van der Waals surface area contributed by atoms with Crippen molar-refractivity contribution in [1.29, 1.82) is 0 Å². The van der Waals surface area contributed by atoms with Gasteiger partial charge in [-0.2, -0.15) is 5.10 Å². The molecule has 0 fully saturated rings. The highest BCUT2D eigenvalue weighted by molar-refractivity contribution is 5.94. The second kappa shape index (κ2) is 8.72. The Hall–Kier alpha value is -3.42. The molecular formula is C21H25N5O3. The van der Waals surface area contributed by atoms with E-state index >= 15 is 0 Å². The Kier molecular flexibility index (Phi) is 6.11. The first-order valence-electron chi connectivity index (χ1n) is 9.72. The number of nitro groups is 1. The lowest BCUT2D eigenvalue weighted by Crippen LogP contribution is -2.33. The van der Waals surface area contributed by atoms with Gasteiger partial charge in [0, 0.05) is 38.5 Å². The Morgan fingerprint density at radius 3 is 2.31 bits per heavy atom. The average molecular weight is 395 g/mol. The van der Waals surface area contributed by atoms with E-state index in [1.54, 1.807) is 22.9 Å². The minimum Gasteiger partial charge on any atom is -0.349 e. The van der Waals surface area contributed by atoms with Crippen molar-refractivity contribution in [1.82, 2.24) is 19.2 Å². The topological polar surface area (TPSA) is 86.2 Å². The summed E-state index contributed by atoms with van der Waals surface area (Å²) in [6, 6.07) is 11.7. The number of benzene rings is 1. The van der Waals surface area contributed by atoms with Crippen LogP contribution in [-0.4, -0.2) is 43.2 Å². The van der Waals surface area contributed by atoms with Gasteiger partial charge >= 0.3 is 0 Å². The van der Waals surface area contributed by atoms with E-state index in [4.69, 9.17) is 0 Å². The summed E-state index contributed by atoms with van der Waals surface area (Å²) < 4.78 is 3.51. The molecule has 2 aromatic heterocycles. The minimum absolute atomic E-state index is 0.00460. The average Bonchev–Trinajstić information content (AvgIpc) is 3.33. The quantitative estimate of drug-likeness (QED) is 0.425. The molecule has 0 aliphatic rings. The molecule has 0 atom stereocenters. The molecule has 0 saturated heterocycles. The van der Waals surface area contributed by atoms with Crippen molar-refractivity contribution in [2.75, 3.05) is 13.1 Å². The smallest absolute Gasteiger partial charge is 0.272 e. The Labute approximate surface area is 169 Å². The van der Waals surface area contributed by atoms with Gasteiger partial charge in [-0.05, 0) is 43.2 Å². The lowest BCUT2D eigenvalue weighted by Gasteiger charge is -2.21. The van der Waals surface area contributed by atoms with Crippen LogP contribution in [0.5, 0.6) is 0 Å². The molecule has 8 nitrogen and oxygen atoms in total. The second-order valence-corrected chi connectivity index (χ2v) is 6.90. The van der Waals surface area contributed by atoms with Crippen LogP contribution in [0, 0.1) is 10.1 Å². The Bertz CT molecular complexity index is 998. The summed E-state index contributed by atoms with van der Waals surface area (Å²) in [5.74, 6) is -0.0972. The SMILES string of the molecule is CCCN(CCC)C(=O)c1cc(-c2cccn2C)nn1-c1ccc([N+](=O)[O-])cc1. The number of hydrogen-bond acceptors (Lipinski definition) is 4. The first-order chi connectivity index (χ1) is 14.0.